The second kappa shape index (κ2) is 4.61. The number of carbonyl (C=O) groups is 1. The third kappa shape index (κ3) is 2.99. The summed E-state index contributed by atoms with van der Waals surface area (Å²) in [6.45, 7) is 3.27. The first-order chi connectivity index (χ1) is 6.11. The van der Waals surface area contributed by atoms with Gasteiger partial charge in [-0.25, -0.2) is 0 Å². The van der Waals surface area contributed by atoms with Gasteiger partial charge in [0.1, 0.15) is 0 Å². The van der Waals surface area contributed by atoms with Crippen LogP contribution in [-0.4, -0.2) is 37.5 Å². The molecule has 76 valence electrons. The van der Waals surface area contributed by atoms with Gasteiger partial charge in [-0.15, -0.1) is 0 Å². The summed E-state index contributed by atoms with van der Waals surface area (Å²) < 4.78 is 0. The lowest BCUT2D eigenvalue weighted by atomic mass is 9.96. The van der Waals surface area contributed by atoms with Crippen LogP contribution in [0, 0.1) is 5.92 Å². The SMILES string of the molecule is C[C@@H](CC(=O)N(C)C)[C@H]1CCCN1. The topological polar surface area (TPSA) is 32.3 Å². The number of nitrogens with one attached hydrogen (secondary N) is 1. The standard InChI is InChI=1S/C10H20N2O/c1-8(7-10(13)12(2)3)9-5-4-6-11-9/h8-9,11H,4-7H2,1-3H3/t8-,9+/m0/s1. The number of rotatable bonds is 3. The average molecular weight is 184 g/mol. The van der Waals surface area contributed by atoms with Crippen LogP contribution in [0.5, 0.6) is 0 Å². The first kappa shape index (κ1) is 10.5. The fourth-order valence-electron chi connectivity index (χ4n) is 1.80. The van der Waals surface area contributed by atoms with E-state index in [0.717, 1.165) is 6.54 Å². The Kier molecular flexibility index (Phi) is 3.72. The van der Waals surface area contributed by atoms with Crippen molar-refractivity contribution in [1.82, 2.24) is 10.2 Å². The summed E-state index contributed by atoms with van der Waals surface area (Å²) in [5.74, 6) is 0.707. The molecular formula is C10H20N2O. The zero-order valence-electron chi connectivity index (χ0n) is 8.84. The lowest BCUT2D eigenvalue weighted by molar-refractivity contribution is -0.129. The van der Waals surface area contributed by atoms with Crippen molar-refractivity contribution in [2.45, 2.75) is 32.2 Å². The molecular weight excluding hydrogens is 164 g/mol. The van der Waals surface area contributed by atoms with Crippen LogP contribution in [0.15, 0.2) is 0 Å². The highest BCUT2D eigenvalue weighted by atomic mass is 16.2. The van der Waals surface area contributed by atoms with E-state index in [0.29, 0.717) is 18.4 Å². The van der Waals surface area contributed by atoms with E-state index in [4.69, 9.17) is 0 Å². The van der Waals surface area contributed by atoms with Crippen molar-refractivity contribution >= 4 is 5.91 Å². The van der Waals surface area contributed by atoms with Crippen LogP contribution >= 0.6 is 0 Å². The number of hydrogen-bond acceptors (Lipinski definition) is 2. The van der Waals surface area contributed by atoms with Gasteiger partial charge < -0.3 is 10.2 Å². The molecule has 0 radical (unpaired) electrons. The molecule has 3 heteroatoms. The molecule has 0 aromatic rings. The number of hydrogen-bond donors (Lipinski definition) is 1. The number of nitrogens with zero attached hydrogens (tertiary/aromatic N) is 1. The van der Waals surface area contributed by atoms with E-state index in [9.17, 15) is 4.79 Å². The molecule has 0 aromatic heterocycles. The first-order valence-corrected chi connectivity index (χ1v) is 5.05. The van der Waals surface area contributed by atoms with Crippen LogP contribution in [0.4, 0.5) is 0 Å². The minimum atomic E-state index is 0.237. The van der Waals surface area contributed by atoms with Gasteiger partial charge in [0.05, 0.1) is 0 Å². The van der Waals surface area contributed by atoms with Gasteiger partial charge in [-0.2, -0.15) is 0 Å². The summed E-state index contributed by atoms with van der Waals surface area (Å²) in [6.07, 6.45) is 3.15. The largest absolute Gasteiger partial charge is 0.349 e. The molecule has 1 rings (SSSR count). The molecule has 2 atom stereocenters. The van der Waals surface area contributed by atoms with Gasteiger partial charge in [0.15, 0.2) is 0 Å². The van der Waals surface area contributed by atoms with Crippen molar-refractivity contribution in [2.24, 2.45) is 5.92 Å². The summed E-state index contributed by atoms with van der Waals surface area (Å²) in [5.41, 5.74) is 0. The van der Waals surface area contributed by atoms with Gasteiger partial charge in [-0.1, -0.05) is 6.92 Å². The summed E-state index contributed by atoms with van der Waals surface area (Å²) in [6, 6.07) is 0.559. The quantitative estimate of drug-likeness (QED) is 0.705. The van der Waals surface area contributed by atoms with E-state index >= 15 is 0 Å². The minimum absolute atomic E-state index is 0.237. The van der Waals surface area contributed by atoms with Crippen molar-refractivity contribution in [1.29, 1.82) is 0 Å². The van der Waals surface area contributed by atoms with Crippen LogP contribution in [0.2, 0.25) is 0 Å². The Morgan fingerprint density at radius 2 is 2.31 bits per heavy atom. The second-order valence-electron chi connectivity index (χ2n) is 4.17. The van der Waals surface area contributed by atoms with E-state index in [1.807, 2.05) is 14.1 Å². The zero-order chi connectivity index (χ0) is 9.84. The molecule has 0 saturated carbocycles. The van der Waals surface area contributed by atoms with Crippen LogP contribution in [-0.2, 0) is 4.79 Å². The number of carbonyl (C=O) groups excluding carboxylic acids is 1. The Bertz CT molecular complexity index is 174. The van der Waals surface area contributed by atoms with Gasteiger partial charge in [0.25, 0.3) is 0 Å². The lowest BCUT2D eigenvalue weighted by Crippen LogP contribution is -2.33. The second-order valence-corrected chi connectivity index (χ2v) is 4.17. The van der Waals surface area contributed by atoms with Crippen molar-refractivity contribution in [3.8, 4) is 0 Å². The highest BCUT2D eigenvalue weighted by molar-refractivity contribution is 5.75. The summed E-state index contributed by atoms with van der Waals surface area (Å²) >= 11 is 0. The van der Waals surface area contributed by atoms with Gasteiger partial charge in [0.2, 0.25) is 5.91 Å². The molecule has 1 fully saturated rings. The summed E-state index contributed by atoms with van der Waals surface area (Å²) in [7, 11) is 3.63. The van der Waals surface area contributed by atoms with Gasteiger partial charge in [-0.3, -0.25) is 4.79 Å². The molecule has 0 unspecified atom stereocenters. The fraction of sp³-hybridized carbons (Fsp3) is 0.900. The fourth-order valence-corrected chi connectivity index (χ4v) is 1.80. The zero-order valence-corrected chi connectivity index (χ0v) is 8.84. The molecule has 0 spiro atoms. The monoisotopic (exact) mass is 184 g/mol. The Balaban J connectivity index is 2.31. The van der Waals surface area contributed by atoms with Crippen LogP contribution in [0.3, 0.4) is 0 Å². The van der Waals surface area contributed by atoms with E-state index in [1.54, 1.807) is 4.90 Å². The smallest absolute Gasteiger partial charge is 0.222 e. The predicted octanol–water partition coefficient (Wildman–Crippen LogP) is 0.853. The van der Waals surface area contributed by atoms with Gasteiger partial charge in [-0.05, 0) is 25.3 Å². The van der Waals surface area contributed by atoms with E-state index in [2.05, 4.69) is 12.2 Å². The maximum Gasteiger partial charge on any atom is 0.222 e. The third-order valence-electron chi connectivity index (χ3n) is 2.78. The Morgan fingerprint density at radius 3 is 2.77 bits per heavy atom. The maximum absolute atomic E-state index is 11.4. The normalized spacial score (nSPS) is 24.4. The van der Waals surface area contributed by atoms with E-state index in [-0.39, 0.29) is 5.91 Å². The summed E-state index contributed by atoms with van der Waals surface area (Å²) in [4.78, 5) is 13.1. The van der Waals surface area contributed by atoms with Crippen LogP contribution in [0.1, 0.15) is 26.2 Å². The molecule has 1 aliphatic heterocycles. The molecule has 1 N–H and O–H groups in total. The van der Waals surface area contributed by atoms with E-state index < -0.39 is 0 Å². The average Bonchev–Trinajstić information content (AvgIpc) is 2.55. The van der Waals surface area contributed by atoms with Crippen molar-refractivity contribution in [2.75, 3.05) is 20.6 Å². The molecule has 3 nitrogen and oxygen atoms in total. The Morgan fingerprint density at radius 1 is 1.62 bits per heavy atom. The molecule has 1 saturated heterocycles. The van der Waals surface area contributed by atoms with Gasteiger partial charge in [0, 0.05) is 26.6 Å². The van der Waals surface area contributed by atoms with Crippen molar-refractivity contribution < 1.29 is 4.79 Å². The molecule has 0 aromatic carbocycles. The Labute approximate surface area is 80.5 Å². The lowest BCUT2D eigenvalue weighted by Gasteiger charge is -2.20. The minimum Gasteiger partial charge on any atom is -0.349 e. The molecule has 13 heavy (non-hydrogen) atoms. The first-order valence-electron chi connectivity index (χ1n) is 5.05. The highest BCUT2D eigenvalue weighted by Gasteiger charge is 2.23. The number of amides is 1. The van der Waals surface area contributed by atoms with Crippen LogP contribution in [0.25, 0.3) is 0 Å². The molecule has 1 amide bonds. The molecule has 1 heterocycles. The van der Waals surface area contributed by atoms with Gasteiger partial charge >= 0.3 is 0 Å². The Hall–Kier alpha value is -0.570. The maximum atomic E-state index is 11.4. The van der Waals surface area contributed by atoms with E-state index in [1.165, 1.54) is 12.8 Å². The molecule has 0 bridgehead atoms. The van der Waals surface area contributed by atoms with Crippen molar-refractivity contribution in [3.63, 3.8) is 0 Å². The highest BCUT2D eigenvalue weighted by Crippen LogP contribution is 2.17. The molecule has 0 aliphatic carbocycles. The predicted molar refractivity (Wildman–Crippen MR) is 53.5 cm³/mol. The van der Waals surface area contributed by atoms with Crippen molar-refractivity contribution in [3.05, 3.63) is 0 Å². The third-order valence-corrected chi connectivity index (χ3v) is 2.78. The summed E-state index contributed by atoms with van der Waals surface area (Å²) in [5, 5.41) is 3.43. The van der Waals surface area contributed by atoms with Crippen LogP contribution < -0.4 is 5.32 Å². The molecule has 1 aliphatic rings.